The first-order chi connectivity index (χ1) is 36.5. The SMILES string of the molecule is CCCCCCC/C=C\C/C=C\C/C=C\CCCCCCCCCCCCCCCCCCC(=O)OCC(COC(=O)CCCCCCCC)OC(=O)CCCCCCCCCCCCCCCCCCCCC. The van der Waals surface area contributed by atoms with Gasteiger partial charge < -0.3 is 14.2 Å². The van der Waals surface area contributed by atoms with Crippen LogP contribution < -0.4 is 0 Å². The monoisotopic (exact) mass is 1040 g/mol. The first-order valence-electron chi connectivity index (χ1n) is 33.0. The Morgan fingerprint density at radius 1 is 0.270 bits per heavy atom. The zero-order valence-corrected chi connectivity index (χ0v) is 49.9. The van der Waals surface area contributed by atoms with E-state index in [1.54, 1.807) is 0 Å². The predicted octanol–water partition coefficient (Wildman–Crippen LogP) is 22.4. The average molecular weight is 1040 g/mol. The van der Waals surface area contributed by atoms with E-state index in [9.17, 15) is 14.4 Å². The van der Waals surface area contributed by atoms with Crippen molar-refractivity contribution in [3.8, 4) is 0 Å². The second kappa shape index (κ2) is 63.2. The highest BCUT2D eigenvalue weighted by molar-refractivity contribution is 5.71. The molecule has 0 aromatic rings. The van der Waals surface area contributed by atoms with Crippen molar-refractivity contribution in [2.45, 2.75) is 367 Å². The Balaban J connectivity index is 3.98. The van der Waals surface area contributed by atoms with E-state index in [0.29, 0.717) is 19.3 Å². The van der Waals surface area contributed by atoms with Crippen LogP contribution in [0.3, 0.4) is 0 Å². The van der Waals surface area contributed by atoms with Crippen molar-refractivity contribution in [3.63, 3.8) is 0 Å². The molecule has 0 aliphatic carbocycles. The Hall–Kier alpha value is -2.37. The van der Waals surface area contributed by atoms with Crippen LogP contribution >= 0.6 is 0 Å². The topological polar surface area (TPSA) is 78.9 Å². The molecule has 0 aliphatic rings. The highest BCUT2D eigenvalue weighted by atomic mass is 16.6. The molecule has 0 aromatic heterocycles. The highest BCUT2D eigenvalue weighted by Crippen LogP contribution is 2.18. The van der Waals surface area contributed by atoms with Gasteiger partial charge in [0.25, 0.3) is 0 Å². The molecule has 0 bridgehead atoms. The summed E-state index contributed by atoms with van der Waals surface area (Å²) in [6.07, 6.45) is 77.7. The maximum absolute atomic E-state index is 12.8. The van der Waals surface area contributed by atoms with Crippen LogP contribution in [0, 0.1) is 0 Å². The predicted molar refractivity (Wildman–Crippen MR) is 321 cm³/mol. The molecule has 0 saturated heterocycles. The van der Waals surface area contributed by atoms with Gasteiger partial charge in [-0.2, -0.15) is 0 Å². The van der Waals surface area contributed by atoms with Crippen molar-refractivity contribution in [3.05, 3.63) is 36.5 Å². The van der Waals surface area contributed by atoms with Gasteiger partial charge in [0.05, 0.1) is 0 Å². The minimum atomic E-state index is -0.765. The van der Waals surface area contributed by atoms with Crippen LogP contribution in [0.4, 0.5) is 0 Å². The number of hydrogen-bond donors (Lipinski definition) is 0. The number of esters is 3. The quantitative estimate of drug-likeness (QED) is 0.0261. The molecule has 0 fully saturated rings. The number of rotatable bonds is 61. The molecule has 0 spiro atoms. The molecule has 0 rings (SSSR count). The molecule has 1 unspecified atom stereocenters. The van der Waals surface area contributed by atoms with Gasteiger partial charge in [0.2, 0.25) is 0 Å². The van der Waals surface area contributed by atoms with E-state index < -0.39 is 6.10 Å². The van der Waals surface area contributed by atoms with E-state index in [4.69, 9.17) is 14.2 Å². The van der Waals surface area contributed by atoms with Crippen molar-refractivity contribution >= 4 is 17.9 Å². The maximum Gasteiger partial charge on any atom is 0.306 e. The zero-order chi connectivity index (χ0) is 53.6. The van der Waals surface area contributed by atoms with E-state index in [1.807, 2.05) is 0 Å². The molecule has 0 aromatic carbocycles. The van der Waals surface area contributed by atoms with E-state index in [0.717, 1.165) is 70.6 Å². The van der Waals surface area contributed by atoms with E-state index in [-0.39, 0.29) is 31.1 Å². The molecular formula is C68H126O6. The van der Waals surface area contributed by atoms with Crippen molar-refractivity contribution in [1.82, 2.24) is 0 Å². The van der Waals surface area contributed by atoms with Crippen LogP contribution in [0.1, 0.15) is 361 Å². The van der Waals surface area contributed by atoms with Gasteiger partial charge in [-0.25, -0.2) is 0 Å². The lowest BCUT2D eigenvalue weighted by molar-refractivity contribution is -0.167. The van der Waals surface area contributed by atoms with Crippen LogP contribution in [0.2, 0.25) is 0 Å². The van der Waals surface area contributed by atoms with E-state index in [2.05, 4.69) is 57.2 Å². The molecule has 0 saturated carbocycles. The molecular weight excluding hydrogens is 913 g/mol. The van der Waals surface area contributed by atoms with Gasteiger partial charge in [0.1, 0.15) is 13.2 Å². The lowest BCUT2D eigenvalue weighted by atomic mass is 10.0. The lowest BCUT2D eigenvalue weighted by Crippen LogP contribution is -2.30. The summed E-state index contributed by atoms with van der Waals surface area (Å²) in [6, 6.07) is 0. The normalized spacial score (nSPS) is 12.2. The van der Waals surface area contributed by atoms with Crippen LogP contribution in [0.25, 0.3) is 0 Å². The second-order valence-corrected chi connectivity index (χ2v) is 22.4. The Kier molecular flexibility index (Phi) is 61.1. The van der Waals surface area contributed by atoms with E-state index >= 15 is 0 Å². The summed E-state index contributed by atoms with van der Waals surface area (Å²) in [4.78, 5) is 38.0. The summed E-state index contributed by atoms with van der Waals surface area (Å²) in [5.74, 6) is -0.853. The fraction of sp³-hybridized carbons (Fsp3) is 0.868. The Labute approximate surface area is 461 Å². The summed E-state index contributed by atoms with van der Waals surface area (Å²) < 4.78 is 16.8. The summed E-state index contributed by atoms with van der Waals surface area (Å²) in [6.45, 7) is 6.63. The van der Waals surface area contributed by atoms with Gasteiger partial charge >= 0.3 is 17.9 Å². The molecule has 434 valence electrons. The van der Waals surface area contributed by atoms with Crippen molar-refractivity contribution < 1.29 is 28.6 Å². The molecule has 0 radical (unpaired) electrons. The van der Waals surface area contributed by atoms with Crippen molar-refractivity contribution in [2.75, 3.05) is 13.2 Å². The molecule has 6 nitrogen and oxygen atoms in total. The number of unbranched alkanes of at least 4 members (excludes halogenated alkanes) is 44. The Bertz CT molecular complexity index is 1240. The number of ether oxygens (including phenoxy) is 3. The molecule has 0 heterocycles. The van der Waals surface area contributed by atoms with Gasteiger partial charge in [0.15, 0.2) is 6.10 Å². The molecule has 0 amide bonds. The standard InChI is InChI=1S/C68H126O6/c1-4-7-10-13-16-18-20-22-24-26-28-29-30-31-32-33-34-35-36-37-38-39-41-42-44-46-48-50-52-55-58-61-67(70)73-64-65(63-72-66(69)60-57-54-15-12-9-6-3)74-68(71)62-59-56-53-51-49-47-45-43-40-27-25-23-21-19-17-14-11-8-5-2/h20,22,26,28,30-31,65H,4-19,21,23-25,27,29,32-64H2,1-3H3/b22-20-,28-26-,31-30-. The second-order valence-electron chi connectivity index (χ2n) is 22.4. The lowest BCUT2D eigenvalue weighted by Gasteiger charge is -2.18. The van der Waals surface area contributed by atoms with Crippen LogP contribution in [-0.4, -0.2) is 37.2 Å². The number of carbonyl (C=O) groups is 3. The third-order valence-electron chi connectivity index (χ3n) is 14.9. The maximum atomic E-state index is 12.8. The van der Waals surface area contributed by atoms with Crippen LogP contribution in [-0.2, 0) is 28.6 Å². The van der Waals surface area contributed by atoms with Crippen molar-refractivity contribution in [1.29, 1.82) is 0 Å². The summed E-state index contributed by atoms with van der Waals surface area (Å²) in [5, 5.41) is 0. The molecule has 74 heavy (non-hydrogen) atoms. The Morgan fingerprint density at radius 3 is 0.757 bits per heavy atom. The number of carbonyl (C=O) groups excluding carboxylic acids is 3. The van der Waals surface area contributed by atoms with Gasteiger partial charge in [-0.05, 0) is 57.8 Å². The Morgan fingerprint density at radius 2 is 0.486 bits per heavy atom. The molecule has 6 heteroatoms. The van der Waals surface area contributed by atoms with Gasteiger partial charge in [-0.15, -0.1) is 0 Å². The highest BCUT2D eigenvalue weighted by Gasteiger charge is 2.19. The van der Waals surface area contributed by atoms with Gasteiger partial charge in [-0.1, -0.05) is 320 Å². The van der Waals surface area contributed by atoms with Gasteiger partial charge in [-0.3, -0.25) is 14.4 Å². The fourth-order valence-electron chi connectivity index (χ4n) is 9.92. The number of hydrogen-bond acceptors (Lipinski definition) is 6. The van der Waals surface area contributed by atoms with Gasteiger partial charge in [0, 0.05) is 19.3 Å². The largest absolute Gasteiger partial charge is 0.462 e. The number of allylic oxidation sites excluding steroid dienone is 6. The third kappa shape index (κ3) is 60.5. The molecule has 1 atom stereocenters. The smallest absolute Gasteiger partial charge is 0.306 e. The summed E-state index contributed by atoms with van der Waals surface area (Å²) in [5.41, 5.74) is 0. The molecule has 0 N–H and O–H groups in total. The molecule has 0 aliphatic heterocycles. The average Bonchev–Trinajstić information content (AvgIpc) is 3.40. The zero-order valence-electron chi connectivity index (χ0n) is 49.9. The third-order valence-corrected chi connectivity index (χ3v) is 14.9. The van der Waals surface area contributed by atoms with E-state index in [1.165, 1.54) is 250 Å². The fourth-order valence-corrected chi connectivity index (χ4v) is 9.92. The summed E-state index contributed by atoms with van der Waals surface area (Å²) >= 11 is 0. The minimum Gasteiger partial charge on any atom is -0.462 e. The van der Waals surface area contributed by atoms with Crippen molar-refractivity contribution in [2.24, 2.45) is 0 Å². The minimum absolute atomic E-state index is 0.0666. The first-order valence-corrected chi connectivity index (χ1v) is 33.0. The summed E-state index contributed by atoms with van der Waals surface area (Å²) in [7, 11) is 0. The van der Waals surface area contributed by atoms with Crippen LogP contribution in [0.15, 0.2) is 36.5 Å². The first kappa shape index (κ1) is 71.6. The van der Waals surface area contributed by atoms with Crippen LogP contribution in [0.5, 0.6) is 0 Å².